The zero-order chi connectivity index (χ0) is 11.4. The summed E-state index contributed by atoms with van der Waals surface area (Å²) in [6, 6.07) is 1.44. The molecule has 0 bridgehead atoms. The van der Waals surface area contributed by atoms with Gasteiger partial charge in [0.2, 0.25) is 0 Å². The van der Waals surface area contributed by atoms with Crippen molar-refractivity contribution in [2.75, 3.05) is 20.1 Å². The van der Waals surface area contributed by atoms with Crippen LogP contribution in [0, 0.1) is 5.92 Å². The van der Waals surface area contributed by atoms with Crippen molar-refractivity contribution in [2.45, 2.75) is 45.7 Å². The van der Waals surface area contributed by atoms with Crippen LogP contribution < -0.4 is 5.32 Å². The van der Waals surface area contributed by atoms with Gasteiger partial charge in [0.1, 0.15) is 0 Å². The predicted octanol–water partition coefficient (Wildman–Crippen LogP) is 2.27. The van der Waals surface area contributed by atoms with Crippen molar-refractivity contribution in [3.8, 4) is 0 Å². The first kappa shape index (κ1) is 12.7. The largest absolute Gasteiger partial charge is 0.312 e. The number of likely N-dealkylation sites (N-methyl/N-ethyl adjacent to an activating group) is 1. The lowest BCUT2D eigenvalue weighted by atomic mass is 10.0. The molecule has 1 saturated carbocycles. The maximum Gasteiger partial charge on any atom is 0.0244 e. The topological polar surface area (TPSA) is 15.3 Å². The van der Waals surface area contributed by atoms with Gasteiger partial charge in [0, 0.05) is 25.2 Å². The highest BCUT2D eigenvalue weighted by Crippen LogP contribution is 2.19. The summed E-state index contributed by atoms with van der Waals surface area (Å²) in [6.07, 6.45) is 2.74. The molecule has 88 valence electrons. The molecule has 0 amide bonds. The highest BCUT2D eigenvalue weighted by Gasteiger charge is 2.24. The summed E-state index contributed by atoms with van der Waals surface area (Å²) in [5, 5.41) is 3.62. The molecule has 1 aliphatic carbocycles. The third-order valence-corrected chi connectivity index (χ3v) is 3.05. The van der Waals surface area contributed by atoms with Gasteiger partial charge >= 0.3 is 0 Å². The molecule has 0 aromatic carbocycles. The fourth-order valence-corrected chi connectivity index (χ4v) is 2.02. The summed E-state index contributed by atoms with van der Waals surface area (Å²) in [7, 11) is 2.20. The van der Waals surface area contributed by atoms with E-state index in [1.54, 1.807) is 0 Å². The first-order valence-corrected chi connectivity index (χ1v) is 6.08. The highest BCUT2D eigenvalue weighted by molar-refractivity contribution is 4.94. The molecule has 0 saturated heterocycles. The molecule has 1 atom stereocenters. The Morgan fingerprint density at radius 1 is 1.47 bits per heavy atom. The van der Waals surface area contributed by atoms with E-state index in [0.29, 0.717) is 12.0 Å². The summed E-state index contributed by atoms with van der Waals surface area (Å²) in [4.78, 5) is 2.42. The molecule has 15 heavy (non-hydrogen) atoms. The molecule has 1 N–H and O–H groups in total. The van der Waals surface area contributed by atoms with Gasteiger partial charge in [-0.25, -0.2) is 0 Å². The van der Waals surface area contributed by atoms with Crippen LogP contribution in [0.1, 0.15) is 33.6 Å². The summed E-state index contributed by atoms with van der Waals surface area (Å²) in [5.41, 5.74) is 1.24. The zero-order valence-corrected chi connectivity index (χ0v) is 10.7. The van der Waals surface area contributed by atoms with Crippen molar-refractivity contribution >= 4 is 0 Å². The molecule has 0 aromatic heterocycles. The van der Waals surface area contributed by atoms with E-state index in [-0.39, 0.29) is 0 Å². The van der Waals surface area contributed by atoms with Crippen LogP contribution in [0.2, 0.25) is 0 Å². The van der Waals surface area contributed by atoms with Crippen LogP contribution in [-0.2, 0) is 0 Å². The maximum absolute atomic E-state index is 3.98. The summed E-state index contributed by atoms with van der Waals surface area (Å²) in [6.45, 7) is 12.8. The van der Waals surface area contributed by atoms with Crippen LogP contribution in [0.15, 0.2) is 12.2 Å². The van der Waals surface area contributed by atoms with E-state index in [0.717, 1.165) is 19.1 Å². The van der Waals surface area contributed by atoms with Crippen molar-refractivity contribution in [3.05, 3.63) is 12.2 Å². The van der Waals surface area contributed by atoms with Crippen molar-refractivity contribution < 1.29 is 0 Å². The number of nitrogens with one attached hydrogen (secondary N) is 1. The third kappa shape index (κ3) is 4.80. The lowest BCUT2D eigenvalue weighted by Crippen LogP contribution is -2.44. The molecule has 0 heterocycles. The van der Waals surface area contributed by atoms with Crippen LogP contribution in [0.25, 0.3) is 0 Å². The van der Waals surface area contributed by atoms with E-state index in [1.807, 2.05) is 0 Å². The molecular weight excluding hydrogens is 184 g/mol. The Kier molecular flexibility index (Phi) is 4.81. The fourth-order valence-electron chi connectivity index (χ4n) is 2.02. The summed E-state index contributed by atoms with van der Waals surface area (Å²) in [5.74, 6) is 0.695. The second-order valence-corrected chi connectivity index (χ2v) is 5.37. The van der Waals surface area contributed by atoms with Crippen LogP contribution >= 0.6 is 0 Å². The average molecular weight is 210 g/mol. The van der Waals surface area contributed by atoms with Crippen molar-refractivity contribution in [3.63, 3.8) is 0 Å². The summed E-state index contributed by atoms with van der Waals surface area (Å²) >= 11 is 0. The highest BCUT2D eigenvalue weighted by atomic mass is 15.2. The first-order valence-electron chi connectivity index (χ1n) is 6.08. The Morgan fingerprint density at radius 3 is 2.47 bits per heavy atom. The normalized spacial score (nSPS) is 18.5. The molecule has 1 rings (SSSR count). The van der Waals surface area contributed by atoms with Crippen LogP contribution in [-0.4, -0.2) is 37.1 Å². The van der Waals surface area contributed by atoms with Gasteiger partial charge in [-0.2, -0.15) is 0 Å². The minimum Gasteiger partial charge on any atom is -0.312 e. The minimum absolute atomic E-state index is 0.627. The number of hydrogen-bond donors (Lipinski definition) is 1. The lowest BCUT2D eigenvalue weighted by Gasteiger charge is -2.31. The first-order chi connectivity index (χ1) is 7.00. The van der Waals surface area contributed by atoms with E-state index in [9.17, 15) is 0 Å². The molecular formula is C13H26N2. The average Bonchev–Trinajstić information content (AvgIpc) is 2.85. The van der Waals surface area contributed by atoms with Crippen LogP contribution in [0.4, 0.5) is 0 Å². The minimum atomic E-state index is 0.627. The van der Waals surface area contributed by atoms with Gasteiger partial charge in [-0.3, -0.25) is 4.90 Å². The van der Waals surface area contributed by atoms with Gasteiger partial charge in [-0.15, -0.1) is 0 Å². The Labute approximate surface area is 94.7 Å². The standard InChI is InChI=1S/C13H26N2/c1-10(2)9-15(5)13(11(3)4)8-14-12-6-7-12/h11-14H,1,6-9H2,2-5H3. The van der Waals surface area contributed by atoms with Crippen LogP contribution in [0.5, 0.6) is 0 Å². The van der Waals surface area contributed by atoms with Crippen LogP contribution in [0.3, 0.4) is 0 Å². The molecule has 0 radical (unpaired) electrons. The van der Waals surface area contributed by atoms with Crippen molar-refractivity contribution in [1.82, 2.24) is 10.2 Å². The second kappa shape index (κ2) is 5.66. The van der Waals surface area contributed by atoms with Gasteiger partial charge in [0.15, 0.2) is 0 Å². The molecule has 1 fully saturated rings. The third-order valence-electron chi connectivity index (χ3n) is 3.05. The van der Waals surface area contributed by atoms with E-state index < -0.39 is 0 Å². The molecule has 0 aliphatic heterocycles. The van der Waals surface area contributed by atoms with Crippen molar-refractivity contribution in [1.29, 1.82) is 0 Å². The molecule has 1 aliphatic rings. The van der Waals surface area contributed by atoms with Gasteiger partial charge in [-0.1, -0.05) is 26.0 Å². The van der Waals surface area contributed by atoms with E-state index in [2.05, 4.69) is 44.6 Å². The molecule has 1 unspecified atom stereocenters. The molecule has 0 spiro atoms. The predicted molar refractivity (Wildman–Crippen MR) is 67.1 cm³/mol. The number of rotatable bonds is 7. The number of nitrogens with zero attached hydrogens (tertiary/aromatic N) is 1. The smallest absolute Gasteiger partial charge is 0.0244 e. The second-order valence-electron chi connectivity index (χ2n) is 5.37. The Balaban J connectivity index is 2.35. The zero-order valence-electron chi connectivity index (χ0n) is 10.7. The Morgan fingerprint density at radius 2 is 2.07 bits per heavy atom. The quantitative estimate of drug-likeness (QED) is 0.649. The van der Waals surface area contributed by atoms with E-state index >= 15 is 0 Å². The fraction of sp³-hybridized carbons (Fsp3) is 0.846. The number of hydrogen-bond acceptors (Lipinski definition) is 2. The van der Waals surface area contributed by atoms with Gasteiger partial charge in [0.25, 0.3) is 0 Å². The molecule has 0 aromatic rings. The SMILES string of the molecule is C=C(C)CN(C)C(CNC1CC1)C(C)C. The Hall–Kier alpha value is -0.340. The lowest BCUT2D eigenvalue weighted by molar-refractivity contribution is 0.200. The maximum atomic E-state index is 3.98. The molecule has 2 heteroatoms. The van der Waals surface area contributed by atoms with Crippen molar-refractivity contribution in [2.24, 2.45) is 5.92 Å². The van der Waals surface area contributed by atoms with Gasteiger partial charge in [0.05, 0.1) is 0 Å². The Bertz CT molecular complexity index is 207. The van der Waals surface area contributed by atoms with Gasteiger partial charge in [-0.05, 0) is 32.7 Å². The molecule has 2 nitrogen and oxygen atoms in total. The van der Waals surface area contributed by atoms with E-state index in [4.69, 9.17) is 0 Å². The monoisotopic (exact) mass is 210 g/mol. The van der Waals surface area contributed by atoms with E-state index in [1.165, 1.54) is 18.4 Å². The summed E-state index contributed by atoms with van der Waals surface area (Å²) < 4.78 is 0. The van der Waals surface area contributed by atoms with Gasteiger partial charge < -0.3 is 5.32 Å².